The van der Waals surface area contributed by atoms with E-state index in [0.717, 1.165) is 0 Å². The molecule has 0 aromatic rings. The largest absolute Gasteiger partial charge is 0.545 e. The Morgan fingerprint density at radius 3 is 2.60 bits per heavy atom. The molecule has 0 amide bonds. The van der Waals surface area contributed by atoms with Crippen molar-refractivity contribution in [2.24, 2.45) is 5.92 Å². The first-order valence-electron chi connectivity index (χ1n) is 2.98. The second kappa shape index (κ2) is 4.06. The number of rotatable bonds is 4. The molecule has 0 spiro atoms. The third kappa shape index (κ3) is 2.64. The molecule has 10 heavy (non-hydrogen) atoms. The standard InChI is InChI=1S/C7H12O3/c1-5(4-10-3)6(2)7(8)9/h5H,2,4H2,1,3H3,(H,8,9)/p-1. The average Bonchev–Trinajstić information content (AvgIpc) is 1.87. The summed E-state index contributed by atoms with van der Waals surface area (Å²) in [6, 6.07) is 0. The van der Waals surface area contributed by atoms with E-state index in [2.05, 4.69) is 6.58 Å². The van der Waals surface area contributed by atoms with Crippen molar-refractivity contribution in [1.29, 1.82) is 0 Å². The Kier molecular flexibility index (Phi) is 3.72. The van der Waals surface area contributed by atoms with Gasteiger partial charge in [0.1, 0.15) is 0 Å². The number of aliphatic carboxylic acids is 1. The minimum atomic E-state index is -1.20. The Hall–Kier alpha value is -0.830. The lowest BCUT2D eigenvalue weighted by Crippen LogP contribution is -2.28. The van der Waals surface area contributed by atoms with Crippen LogP contribution in [0.5, 0.6) is 0 Å². The SMILES string of the molecule is C=C(C(=O)[O-])C(C)COC. The van der Waals surface area contributed by atoms with Crippen LogP contribution in [0.4, 0.5) is 0 Å². The predicted octanol–water partition coefficient (Wildman–Crippen LogP) is -0.425. The van der Waals surface area contributed by atoms with Gasteiger partial charge in [-0.25, -0.2) is 0 Å². The number of carboxylic acid groups (broad SMARTS) is 1. The molecule has 0 saturated carbocycles. The Morgan fingerprint density at radius 2 is 2.30 bits per heavy atom. The van der Waals surface area contributed by atoms with E-state index in [1.54, 1.807) is 6.92 Å². The van der Waals surface area contributed by atoms with Gasteiger partial charge in [0, 0.05) is 13.0 Å². The molecule has 0 rings (SSSR count). The van der Waals surface area contributed by atoms with Gasteiger partial charge in [-0.15, -0.1) is 0 Å². The fourth-order valence-electron chi connectivity index (χ4n) is 0.552. The van der Waals surface area contributed by atoms with Crippen molar-refractivity contribution in [2.45, 2.75) is 6.92 Å². The van der Waals surface area contributed by atoms with Crippen LogP contribution in [0.25, 0.3) is 0 Å². The summed E-state index contributed by atoms with van der Waals surface area (Å²) in [5.74, 6) is -1.38. The van der Waals surface area contributed by atoms with Gasteiger partial charge in [-0.2, -0.15) is 0 Å². The third-order valence-electron chi connectivity index (χ3n) is 1.27. The van der Waals surface area contributed by atoms with Gasteiger partial charge >= 0.3 is 0 Å². The maximum atomic E-state index is 10.1. The smallest absolute Gasteiger partial charge is 0.0672 e. The van der Waals surface area contributed by atoms with Crippen molar-refractivity contribution >= 4 is 5.97 Å². The first-order chi connectivity index (χ1) is 4.59. The van der Waals surface area contributed by atoms with Crippen LogP contribution in [-0.2, 0) is 9.53 Å². The molecule has 0 bridgehead atoms. The van der Waals surface area contributed by atoms with Crippen LogP contribution in [0.2, 0.25) is 0 Å². The lowest BCUT2D eigenvalue weighted by molar-refractivity contribution is -0.300. The second-order valence-electron chi connectivity index (χ2n) is 2.17. The van der Waals surface area contributed by atoms with Crippen molar-refractivity contribution in [3.63, 3.8) is 0 Å². The Morgan fingerprint density at radius 1 is 1.80 bits per heavy atom. The highest BCUT2D eigenvalue weighted by molar-refractivity contribution is 5.84. The number of hydrogen-bond donors (Lipinski definition) is 0. The van der Waals surface area contributed by atoms with Crippen molar-refractivity contribution in [1.82, 2.24) is 0 Å². The van der Waals surface area contributed by atoms with Crippen LogP contribution in [0.3, 0.4) is 0 Å². The maximum Gasteiger partial charge on any atom is 0.0672 e. The molecule has 0 aliphatic rings. The maximum absolute atomic E-state index is 10.1. The van der Waals surface area contributed by atoms with E-state index in [4.69, 9.17) is 4.74 Å². The van der Waals surface area contributed by atoms with Crippen LogP contribution in [0.1, 0.15) is 6.92 Å². The summed E-state index contributed by atoms with van der Waals surface area (Å²) in [4.78, 5) is 10.1. The number of hydrogen-bond acceptors (Lipinski definition) is 3. The van der Waals surface area contributed by atoms with Gasteiger partial charge in [0.05, 0.1) is 12.6 Å². The molecule has 1 atom stereocenters. The minimum Gasteiger partial charge on any atom is -0.545 e. The van der Waals surface area contributed by atoms with E-state index in [0.29, 0.717) is 6.61 Å². The van der Waals surface area contributed by atoms with Gasteiger partial charge in [-0.05, 0) is 5.57 Å². The molecule has 0 N–H and O–H groups in total. The fraction of sp³-hybridized carbons (Fsp3) is 0.571. The van der Waals surface area contributed by atoms with Gasteiger partial charge in [0.15, 0.2) is 0 Å². The van der Waals surface area contributed by atoms with Crippen molar-refractivity contribution in [2.75, 3.05) is 13.7 Å². The summed E-state index contributed by atoms with van der Waals surface area (Å²) in [7, 11) is 1.51. The van der Waals surface area contributed by atoms with E-state index in [9.17, 15) is 9.90 Å². The first-order valence-corrected chi connectivity index (χ1v) is 2.98. The van der Waals surface area contributed by atoms with Gasteiger partial charge in [0.25, 0.3) is 0 Å². The normalized spacial score (nSPS) is 12.6. The van der Waals surface area contributed by atoms with Crippen molar-refractivity contribution in [3.8, 4) is 0 Å². The molecular weight excluding hydrogens is 132 g/mol. The van der Waals surface area contributed by atoms with Gasteiger partial charge in [0.2, 0.25) is 0 Å². The summed E-state index contributed by atoms with van der Waals surface area (Å²) >= 11 is 0. The van der Waals surface area contributed by atoms with Crippen LogP contribution in [0, 0.1) is 5.92 Å². The number of methoxy groups -OCH3 is 1. The average molecular weight is 143 g/mol. The molecule has 3 heteroatoms. The lowest BCUT2D eigenvalue weighted by Gasteiger charge is -2.13. The highest BCUT2D eigenvalue weighted by Crippen LogP contribution is 2.06. The molecule has 0 aliphatic carbocycles. The van der Waals surface area contributed by atoms with Crippen LogP contribution in [-0.4, -0.2) is 19.7 Å². The topological polar surface area (TPSA) is 49.4 Å². The quantitative estimate of drug-likeness (QED) is 0.502. The molecule has 0 aromatic heterocycles. The molecule has 0 saturated heterocycles. The number of carbonyl (C=O) groups is 1. The highest BCUT2D eigenvalue weighted by Gasteiger charge is 2.05. The number of carboxylic acids is 1. The van der Waals surface area contributed by atoms with Gasteiger partial charge in [-0.1, -0.05) is 13.5 Å². The number of carbonyl (C=O) groups excluding carboxylic acids is 1. The summed E-state index contributed by atoms with van der Waals surface area (Å²) in [6.45, 7) is 5.42. The zero-order valence-corrected chi connectivity index (χ0v) is 6.22. The zero-order chi connectivity index (χ0) is 8.15. The third-order valence-corrected chi connectivity index (χ3v) is 1.27. The summed E-state index contributed by atoms with van der Waals surface area (Å²) in [5, 5.41) is 10.1. The summed E-state index contributed by atoms with van der Waals surface area (Å²) in [5.41, 5.74) is 0.0850. The second-order valence-corrected chi connectivity index (χ2v) is 2.17. The van der Waals surface area contributed by atoms with Crippen molar-refractivity contribution in [3.05, 3.63) is 12.2 Å². The molecule has 0 radical (unpaired) electrons. The van der Waals surface area contributed by atoms with E-state index < -0.39 is 5.97 Å². The van der Waals surface area contributed by atoms with Crippen LogP contribution < -0.4 is 5.11 Å². The monoisotopic (exact) mass is 143 g/mol. The van der Waals surface area contributed by atoms with Crippen LogP contribution >= 0.6 is 0 Å². The molecule has 0 aliphatic heterocycles. The molecule has 0 aromatic carbocycles. The molecular formula is C7H11O3-. The molecule has 1 unspecified atom stereocenters. The van der Waals surface area contributed by atoms with Gasteiger partial charge in [-0.3, -0.25) is 0 Å². The highest BCUT2D eigenvalue weighted by atomic mass is 16.5. The van der Waals surface area contributed by atoms with E-state index in [-0.39, 0.29) is 11.5 Å². The first kappa shape index (κ1) is 9.17. The van der Waals surface area contributed by atoms with Gasteiger partial charge < -0.3 is 14.6 Å². The lowest BCUT2D eigenvalue weighted by atomic mass is 10.0. The fourth-order valence-corrected chi connectivity index (χ4v) is 0.552. The summed E-state index contributed by atoms with van der Waals surface area (Å²) < 4.78 is 4.72. The Labute approximate surface area is 60.3 Å². The molecule has 58 valence electrons. The predicted molar refractivity (Wildman–Crippen MR) is 35.2 cm³/mol. The molecule has 0 heterocycles. The van der Waals surface area contributed by atoms with E-state index >= 15 is 0 Å². The minimum absolute atomic E-state index is 0.0850. The Bertz CT molecular complexity index is 140. The number of ether oxygens (including phenoxy) is 1. The Balaban J connectivity index is 3.82. The van der Waals surface area contributed by atoms with Crippen molar-refractivity contribution < 1.29 is 14.6 Å². The summed E-state index contributed by atoms with van der Waals surface area (Å²) in [6.07, 6.45) is 0. The molecule has 0 fully saturated rings. The molecule has 3 nitrogen and oxygen atoms in total. The van der Waals surface area contributed by atoms with E-state index in [1.807, 2.05) is 0 Å². The van der Waals surface area contributed by atoms with Crippen LogP contribution in [0.15, 0.2) is 12.2 Å². The van der Waals surface area contributed by atoms with E-state index in [1.165, 1.54) is 7.11 Å². The zero-order valence-electron chi connectivity index (χ0n) is 6.22.